The van der Waals surface area contributed by atoms with Crippen LogP contribution in [0.15, 0.2) is 212 Å². The van der Waals surface area contributed by atoms with Crippen molar-refractivity contribution in [1.29, 1.82) is 0 Å². The largest absolute Gasteiger partial charge is 0.355 e. The van der Waals surface area contributed by atoms with Crippen LogP contribution in [-0.4, -0.2) is 12.6 Å². The lowest BCUT2D eigenvalue weighted by Gasteiger charge is -2.34. The van der Waals surface area contributed by atoms with Crippen LogP contribution in [0.3, 0.4) is 0 Å². The van der Waals surface area contributed by atoms with E-state index in [0.717, 1.165) is 0 Å². The predicted molar refractivity (Wildman–Crippen MR) is 220 cm³/mol. The van der Waals surface area contributed by atoms with Crippen molar-refractivity contribution in [1.82, 2.24) is 4.57 Å². The van der Waals surface area contributed by atoms with Crippen LogP contribution in [0, 0.1) is 0 Å². The molecule has 51 heavy (non-hydrogen) atoms. The van der Waals surface area contributed by atoms with Gasteiger partial charge in [0.25, 0.3) is 0 Å². The minimum Gasteiger partial charge on any atom is -0.355 e. The van der Waals surface area contributed by atoms with Crippen LogP contribution in [0.1, 0.15) is 37.0 Å². The third-order valence-electron chi connectivity index (χ3n) is 8.24. The summed E-state index contributed by atoms with van der Waals surface area (Å²) in [6.45, 7) is 0. The summed E-state index contributed by atoms with van der Waals surface area (Å²) in [6, 6.07) is -13.8. The Labute approximate surface area is 337 Å². The first-order chi connectivity index (χ1) is 36.5. The molecule has 8 aromatic carbocycles. The van der Waals surface area contributed by atoms with E-state index in [4.69, 9.17) is 23.3 Å². The molecule has 0 aliphatic carbocycles. The second-order valence-electron chi connectivity index (χ2n) is 11.0. The monoisotopic (exact) mass is 695 g/mol. The van der Waals surface area contributed by atoms with Crippen LogP contribution >= 0.6 is 0 Å². The second kappa shape index (κ2) is 13.1. The Hall–Kier alpha value is -6.42. The topological polar surface area (TPSA) is 17.0 Å². The van der Waals surface area contributed by atoms with E-state index in [9.17, 15) is 13.7 Å². The average Bonchev–Trinajstić information content (AvgIpc) is 3.25. The molecule has 242 valence electrons. The first-order valence-corrected chi connectivity index (χ1v) is 17.3. The first kappa shape index (κ1) is 13.4. The summed E-state index contributed by atoms with van der Waals surface area (Å²) in [4.78, 5) is 0. The zero-order valence-electron chi connectivity index (χ0n) is 53.1. The Bertz CT molecular complexity index is 3840. The molecule has 2 nitrogen and oxygen atoms in total. The fourth-order valence-electron chi connectivity index (χ4n) is 6.10. The van der Waals surface area contributed by atoms with Gasteiger partial charge in [0, 0.05) is 33.4 Å². The molecule has 0 fully saturated rings. The maximum Gasteiger partial charge on any atom is 0.179 e. The van der Waals surface area contributed by atoms with Crippen molar-refractivity contribution in [3.63, 3.8) is 0 Å². The van der Waals surface area contributed by atoms with Gasteiger partial charge in [0.2, 0.25) is 0 Å². The molecule has 9 rings (SSSR count). The summed E-state index contributed by atoms with van der Waals surface area (Å²) in [5, 5.41) is -1.18. The summed E-state index contributed by atoms with van der Waals surface area (Å²) in [5.74, 6) is 0. The van der Waals surface area contributed by atoms with Gasteiger partial charge < -0.3 is 9.88 Å². The van der Waals surface area contributed by atoms with Crippen LogP contribution < -0.4 is 26.1 Å². The highest BCUT2D eigenvalue weighted by Gasteiger charge is 2.41. The molecule has 0 amide bonds. The lowest BCUT2D eigenvalue weighted by atomic mass is 10.0. The maximum atomic E-state index is 10.2. The van der Waals surface area contributed by atoms with Gasteiger partial charge in [-0.15, -0.1) is 0 Å². The summed E-state index contributed by atoms with van der Waals surface area (Å²) in [7, 11) is -6.14. The lowest BCUT2D eigenvalue weighted by Crippen LogP contribution is -2.74. The fraction of sp³-hybridized carbons (Fsp3) is 0. The SMILES string of the molecule is [2H]c1c([2H])c([2H])c([Si](c2c([2H])c([2H])c([2H])c([2H])c2[2H])(c2c([2H])c([2H])c([2H])c([2H])c2[2H])c2c([2H])c([2H])c([2H])c(-c3ccccc3Nc3cccc(-n4c5c([2H])c([2H])c([2H])c([2H])c5c5c([2H])c([2H])c([2H])c([2H])c54)c3)c2[2H])c([2H])c1[2H]. The van der Waals surface area contributed by atoms with E-state index >= 15 is 0 Å². The van der Waals surface area contributed by atoms with E-state index in [-0.39, 0.29) is 44.4 Å². The lowest BCUT2D eigenvalue weighted by molar-refractivity contribution is 1.18. The van der Waals surface area contributed by atoms with Gasteiger partial charge >= 0.3 is 0 Å². The predicted octanol–water partition coefficient (Wildman–Crippen LogP) is 9.57. The van der Waals surface area contributed by atoms with Gasteiger partial charge in [-0.3, -0.25) is 0 Å². The minimum atomic E-state index is -6.14. The Morgan fingerprint density at radius 3 is 1.61 bits per heavy atom. The van der Waals surface area contributed by atoms with Gasteiger partial charge in [0.05, 0.1) is 48.0 Å². The molecule has 0 aliphatic rings. The molecule has 0 spiro atoms. The maximum absolute atomic E-state index is 10.2. The van der Waals surface area contributed by atoms with E-state index < -0.39 is 198 Å². The van der Waals surface area contributed by atoms with Crippen molar-refractivity contribution in [3.05, 3.63) is 212 Å². The van der Waals surface area contributed by atoms with E-state index in [1.807, 2.05) is 0 Å². The quantitative estimate of drug-likeness (QED) is 0.124. The molecule has 0 radical (unpaired) electrons. The van der Waals surface area contributed by atoms with Crippen molar-refractivity contribution in [3.8, 4) is 16.8 Å². The van der Waals surface area contributed by atoms with Gasteiger partial charge in [0.15, 0.2) is 8.07 Å². The molecular weight excluding hydrogens is 633 g/mol. The van der Waals surface area contributed by atoms with Crippen molar-refractivity contribution in [2.75, 3.05) is 5.32 Å². The van der Waals surface area contributed by atoms with Gasteiger partial charge in [-0.05, 0) is 62.7 Å². The van der Waals surface area contributed by atoms with E-state index in [1.54, 1.807) is 0 Å². The highest BCUT2D eigenvalue weighted by molar-refractivity contribution is 7.19. The minimum absolute atomic E-state index is 0.00600. The molecule has 0 unspecified atom stereocenters. The normalized spacial score (nSPS) is 18.9. The molecule has 0 atom stereocenters. The number of nitrogens with one attached hydrogen (secondary N) is 1. The van der Waals surface area contributed by atoms with Crippen molar-refractivity contribution >= 4 is 62.0 Å². The molecule has 0 saturated carbocycles. The number of fused-ring (bicyclic) bond motifs is 3. The first-order valence-electron chi connectivity index (χ1n) is 28.8. The standard InChI is InChI=1S/C48H36N2Si/c1-4-21-39(22-5-1)51(40-23-6-2-7-24-40,41-25-8-3-9-26-41)42-27-16-18-36(34-42)43-28-10-13-31-46(43)49-37-19-17-20-38(35-37)50-47-32-14-11-29-44(47)45-30-12-15-33-48(45)50/h1-35,49H/i1D,2D,3D,4D,5D,6D,7D,8D,9D,11D,12D,14D,15D,16D,18D,21D,22D,23D,24D,25D,26D,27D,29D,30D,32D,33D,34D. The summed E-state index contributed by atoms with van der Waals surface area (Å²) in [6.07, 6.45) is 0. The molecule has 1 N–H and O–H groups in total. The van der Waals surface area contributed by atoms with Gasteiger partial charge in [-0.2, -0.15) is 0 Å². The molecule has 1 aromatic heterocycles. The van der Waals surface area contributed by atoms with Crippen molar-refractivity contribution < 1.29 is 37.0 Å². The molecule has 0 bridgehead atoms. The van der Waals surface area contributed by atoms with E-state index in [2.05, 4.69) is 5.32 Å². The van der Waals surface area contributed by atoms with Crippen LogP contribution in [-0.2, 0) is 0 Å². The van der Waals surface area contributed by atoms with E-state index in [0.29, 0.717) is 0 Å². The van der Waals surface area contributed by atoms with E-state index in [1.165, 1.54) is 53.1 Å². The zero-order chi connectivity index (χ0) is 57.5. The molecule has 0 aliphatic heterocycles. The number of hydrogen-bond donors (Lipinski definition) is 1. The molecule has 1 heterocycles. The number of aromatic nitrogens is 1. The number of anilines is 2. The molecule has 9 aromatic rings. The Morgan fingerprint density at radius 2 is 1.00 bits per heavy atom. The molecule has 0 saturated heterocycles. The van der Waals surface area contributed by atoms with Crippen molar-refractivity contribution in [2.45, 2.75) is 0 Å². The van der Waals surface area contributed by atoms with Crippen LogP contribution in [0.2, 0.25) is 0 Å². The number of para-hydroxylation sites is 3. The zero-order valence-corrected chi connectivity index (χ0v) is 27.1. The van der Waals surface area contributed by atoms with Crippen molar-refractivity contribution in [2.24, 2.45) is 0 Å². The van der Waals surface area contributed by atoms with Gasteiger partial charge in [-0.25, -0.2) is 0 Å². The Kier molecular flexibility index (Phi) is 3.44. The van der Waals surface area contributed by atoms with Gasteiger partial charge in [-0.1, -0.05) is 175 Å². The average molecular weight is 696 g/mol. The Balaban J connectivity index is 1.41. The highest BCUT2D eigenvalue weighted by Crippen LogP contribution is 2.34. The fourth-order valence-corrected chi connectivity index (χ4v) is 9.66. The van der Waals surface area contributed by atoms with Crippen LogP contribution in [0.25, 0.3) is 38.6 Å². The second-order valence-corrected chi connectivity index (χ2v) is 14.5. The number of benzene rings is 8. The van der Waals surface area contributed by atoms with Gasteiger partial charge in [0.1, 0.15) is 0 Å². The number of hydrogen-bond acceptors (Lipinski definition) is 1. The summed E-state index contributed by atoms with van der Waals surface area (Å²) in [5.41, 5.74) is -0.813. The third kappa shape index (κ3) is 5.36. The summed E-state index contributed by atoms with van der Waals surface area (Å²) >= 11 is 0. The summed E-state index contributed by atoms with van der Waals surface area (Å²) < 4.78 is 245. The third-order valence-corrected chi connectivity index (χ3v) is 12.2. The van der Waals surface area contributed by atoms with Crippen LogP contribution in [0.4, 0.5) is 11.4 Å². The van der Waals surface area contributed by atoms with Crippen LogP contribution in [0.5, 0.6) is 0 Å². The number of rotatable bonds is 8. The smallest absolute Gasteiger partial charge is 0.179 e. The molecule has 3 heteroatoms. The number of nitrogens with zero attached hydrogens (tertiary/aromatic N) is 1. The highest BCUT2D eigenvalue weighted by atomic mass is 28.3. The Morgan fingerprint density at radius 1 is 0.471 bits per heavy atom. The molecular formula is C48H36N2Si.